The van der Waals surface area contributed by atoms with Crippen molar-refractivity contribution in [1.82, 2.24) is 9.55 Å². The Morgan fingerprint density at radius 3 is 2.62 bits per heavy atom. The summed E-state index contributed by atoms with van der Waals surface area (Å²) in [6.07, 6.45) is 0.706. The molecule has 0 saturated carbocycles. The van der Waals surface area contributed by atoms with E-state index in [1.807, 2.05) is 18.2 Å². The number of aryl methyl sites for hydroxylation is 1. The molecule has 0 unspecified atom stereocenters. The topological polar surface area (TPSA) is 43.8 Å². The third kappa shape index (κ3) is 2.54. The van der Waals surface area contributed by atoms with Gasteiger partial charge in [-0.2, -0.15) is 0 Å². The average Bonchev–Trinajstić information content (AvgIpc) is 2.83. The molecule has 1 heterocycles. The summed E-state index contributed by atoms with van der Waals surface area (Å²) in [7, 11) is 0. The number of nitrogens with two attached hydrogens (primary N) is 1. The van der Waals surface area contributed by atoms with Gasteiger partial charge in [0.1, 0.15) is 11.6 Å². The van der Waals surface area contributed by atoms with Crippen LogP contribution >= 0.6 is 0 Å². The van der Waals surface area contributed by atoms with Gasteiger partial charge in [0.25, 0.3) is 0 Å². The predicted octanol–water partition coefficient (Wildman–Crippen LogP) is 3.24. The lowest BCUT2D eigenvalue weighted by Gasteiger charge is -2.09. The lowest BCUT2D eigenvalue weighted by molar-refractivity contribution is 0.629. The molecule has 0 aliphatic rings. The van der Waals surface area contributed by atoms with Crippen molar-refractivity contribution in [1.29, 1.82) is 0 Å². The van der Waals surface area contributed by atoms with Gasteiger partial charge in [-0.3, -0.25) is 0 Å². The number of aromatic nitrogens is 2. The van der Waals surface area contributed by atoms with Gasteiger partial charge in [0.15, 0.2) is 0 Å². The second-order valence-electron chi connectivity index (χ2n) is 5.05. The number of benzene rings is 2. The van der Waals surface area contributed by atoms with Gasteiger partial charge >= 0.3 is 0 Å². The largest absolute Gasteiger partial charge is 0.328 e. The van der Waals surface area contributed by atoms with Crippen molar-refractivity contribution in [3.63, 3.8) is 0 Å². The molecule has 4 heteroatoms. The highest BCUT2D eigenvalue weighted by molar-refractivity contribution is 5.76. The summed E-state index contributed by atoms with van der Waals surface area (Å²) in [5.41, 5.74) is 9.77. The SMILES string of the molecule is CCn1c(Cc2ccccc2CN)nc2cc(F)ccc21. The van der Waals surface area contributed by atoms with Crippen LogP contribution in [0.4, 0.5) is 4.39 Å². The van der Waals surface area contributed by atoms with Gasteiger partial charge in [-0.15, -0.1) is 0 Å². The van der Waals surface area contributed by atoms with E-state index in [0.29, 0.717) is 18.5 Å². The maximum absolute atomic E-state index is 13.4. The van der Waals surface area contributed by atoms with Crippen LogP contribution in [0.2, 0.25) is 0 Å². The van der Waals surface area contributed by atoms with E-state index in [9.17, 15) is 4.39 Å². The van der Waals surface area contributed by atoms with E-state index in [1.165, 1.54) is 17.7 Å². The van der Waals surface area contributed by atoms with Crippen LogP contribution < -0.4 is 5.73 Å². The fraction of sp³-hybridized carbons (Fsp3) is 0.235. The summed E-state index contributed by atoms with van der Waals surface area (Å²) < 4.78 is 15.5. The molecule has 0 amide bonds. The first-order valence-electron chi connectivity index (χ1n) is 7.14. The van der Waals surface area contributed by atoms with Gasteiger partial charge in [-0.05, 0) is 30.2 Å². The second-order valence-corrected chi connectivity index (χ2v) is 5.05. The van der Waals surface area contributed by atoms with Crippen molar-refractivity contribution in [2.45, 2.75) is 26.4 Å². The van der Waals surface area contributed by atoms with Gasteiger partial charge in [-0.25, -0.2) is 9.37 Å². The summed E-state index contributed by atoms with van der Waals surface area (Å²) in [6.45, 7) is 3.39. The molecule has 0 saturated heterocycles. The number of imidazole rings is 1. The molecular weight excluding hydrogens is 265 g/mol. The monoisotopic (exact) mass is 283 g/mol. The van der Waals surface area contributed by atoms with E-state index in [1.54, 1.807) is 6.07 Å². The number of rotatable bonds is 4. The van der Waals surface area contributed by atoms with E-state index < -0.39 is 0 Å². The van der Waals surface area contributed by atoms with Gasteiger partial charge in [-0.1, -0.05) is 24.3 Å². The van der Waals surface area contributed by atoms with E-state index >= 15 is 0 Å². The van der Waals surface area contributed by atoms with Crippen LogP contribution in [0, 0.1) is 5.82 Å². The lowest BCUT2D eigenvalue weighted by Crippen LogP contribution is -2.06. The Morgan fingerprint density at radius 2 is 1.90 bits per heavy atom. The van der Waals surface area contributed by atoms with Crippen molar-refractivity contribution < 1.29 is 4.39 Å². The van der Waals surface area contributed by atoms with E-state index in [0.717, 1.165) is 23.4 Å². The Kier molecular flexibility index (Phi) is 3.71. The molecule has 108 valence electrons. The fourth-order valence-electron chi connectivity index (χ4n) is 2.74. The number of nitrogens with zero attached hydrogens (tertiary/aromatic N) is 2. The van der Waals surface area contributed by atoms with E-state index in [4.69, 9.17) is 5.73 Å². The van der Waals surface area contributed by atoms with Crippen molar-refractivity contribution >= 4 is 11.0 Å². The van der Waals surface area contributed by atoms with Gasteiger partial charge in [0, 0.05) is 25.6 Å². The second kappa shape index (κ2) is 5.66. The van der Waals surface area contributed by atoms with Crippen LogP contribution in [-0.4, -0.2) is 9.55 Å². The average molecular weight is 283 g/mol. The maximum atomic E-state index is 13.4. The summed E-state index contributed by atoms with van der Waals surface area (Å²) in [5, 5.41) is 0. The Morgan fingerprint density at radius 1 is 1.14 bits per heavy atom. The third-order valence-electron chi connectivity index (χ3n) is 3.79. The van der Waals surface area contributed by atoms with Crippen molar-refractivity contribution in [2.75, 3.05) is 0 Å². The van der Waals surface area contributed by atoms with Gasteiger partial charge in [0.05, 0.1) is 11.0 Å². The highest BCUT2D eigenvalue weighted by Crippen LogP contribution is 2.21. The van der Waals surface area contributed by atoms with Crippen LogP contribution in [0.5, 0.6) is 0 Å². The molecule has 0 aliphatic heterocycles. The molecule has 3 aromatic rings. The Bertz CT molecular complexity index is 777. The zero-order chi connectivity index (χ0) is 14.8. The van der Waals surface area contributed by atoms with Crippen LogP contribution in [0.15, 0.2) is 42.5 Å². The van der Waals surface area contributed by atoms with E-state index in [-0.39, 0.29) is 5.82 Å². The molecule has 2 N–H and O–H groups in total. The summed E-state index contributed by atoms with van der Waals surface area (Å²) in [6, 6.07) is 12.9. The standard InChI is InChI=1S/C17H18FN3/c1-2-21-16-8-7-14(18)10-15(16)20-17(21)9-12-5-3-4-6-13(12)11-19/h3-8,10H,2,9,11,19H2,1H3. The smallest absolute Gasteiger partial charge is 0.125 e. The molecule has 21 heavy (non-hydrogen) atoms. The normalized spacial score (nSPS) is 11.2. The molecule has 0 fully saturated rings. The third-order valence-corrected chi connectivity index (χ3v) is 3.79. The van der Waals surface area contributed by atoms with Crippen molar-refractivity contribution in [2.24, 2.45) is 5.73 Å². The first kappa shape index (κ1) is 13.8. The first-order chi connectivity index (χ1) is 10.2. The molecule has 2 aromatic carbocycles. The molecule has 0 radical (unpaired) electrons. The first-order valence-corrected chi connectivity index (χ1v) is 7.14. The highest BCUT2D eigenvalue weighted by Gasteiger charge is 2.12. The molecule has 0 spiro atoms. The number of fused-ring (bicyclic) bond motifs is 1. The zero-order valence-corrected chi connectivity index (χ0v) is 12.0. The van der Waals surface area contributed by atoms with Gasteiger partial charge < -0.3 is 10.3 Å². The maximum Gasteiger partial charge on any atom is 0.125 e. The van der Waals surface area contributed by atoms with Crippen LogP contribution in [0.25, 0.3) is 11.0 Å². The van der Waals surface area contributed by atoms with Crippen molar-refractivity contribution in [3.8, 4) is 0 Å². The van der Waals surface area contributed by atoms with Crippen LogP contribution in [0.3, 0.4) is 0 Å². The highest BCUT2D eigenvalue weighted by atomic mass is 19.1. The molecule has 0 bridgehead atoms. The van der Waals surface area contributed by atoms with E-state index in [2.05, 4.69) is 22.5 Å². The molecule has 0 aliphatic carbocycles. The fourth-order valence-corrected chi connectivity index (χ4v) is 2.74. The van der Waals surface area contributed by atoms with Crippen LogP contribution in [0.1, 0.15) is 23.9 Å². The Labute approximate surface area is 123 Å². The molecule has 3 nitrogen and oxygen atoms in total. The minimum Gasteiger partial charge on any atom is -0.328 e. The molecular formula is C17H18FN3. The Hall–Kier alpha value is -2.20. The predicted molar refractivity (Wildman–Crippen MR) is 82.5 cm³/mol. The molecule has 3 rings (SSSR count). The summed E-state index contributed by atoms with van der Waals surface area (Å²) in [5.74, 6) is 0.691. The minimum atomic E-state index is -0.253. The minimum absolute atomic E-state index is 0.253. The summed E-state index contributed by atoms with van der Waals surface area (Å²) >= 11 is 0. The number of halogens is 1. The number of hydrogen-bond acceptors (Lipinski definition) is 2. The number of hydrogen-bond donors (Lipinski definition) is 1. The van der Waals surface area contributed by atoms with Crippen LogP contribution in [-0.2, 0) is 19.5 Å². The molecule has 1 aromatic heterocycles. The van der Waals surface area contributed by atoms with Crippen molar-refractivity contribution in [3.05, 3.63) is 65.2 Å². The zero-order valence-electron chi connectivity index (χ0n) is 12.0. The lowest BCUT2D eigenvalue weighted by atomic mass is 10.0. The summed E-state index contributed by atoms with van der Waals surface area (Å²) in [4.78, 5) is 4.60. The Balaban J connectivity index is 2.07. The quantitative estimate of drug-likeness (QED) is 0.798. The van der Waals surface area contributed by atoms with Gasteiger partial charge in [0.2, 0.25) is 0 Å². The molecule has 0 atom stereocenters.